The molecule has 0 bridgehead atoms. The van der Waals surface area contributed by atoms with Gasteiger partial charge in [-0.15, -0.1) is 0 Å². The van der Waals surface area contributed by atoms with Gasteiger partial charge in [0.1, 0.15) is 16.7 Å². The lowest BCUT2D eigenvalue weighted by Crippen LogP contribution is -1.95. The van der Waals surface area contributed by atoms with Crippen LogP contribution >= 0.6 is 27.5 Å². The van der Waals surface area contributed by atoms with E-state index in [1.165, 1.54) is 0 Å². The predicted octanol–water partition coefficient (Wildman–Crippen LogP) is 4.25. The number of nitrogens with zero attached hydrogens (tertiary/aromatic N) is 1. The van der Waals surface area contributed by atoms with E-state index in [0.717, 1.165) is 15.9 Å². The van der Waals surface area contributed by atoms with E-state index < -0.39 is 0 Å². The molecule has 0 fully saturated rings. The Hall–Kier alpha value is -1.26. The Morgan fingerprint density at radius 3 is 2.82 bits per heavy atom. The first kappa shape index (κ1) is 12.2. The van der Waals surface area contributed by atoms with Crippen LogP contribution in [0.15, 0.2) is 40.9 Å². The lowest BCUT2D eigenvalue weighted by atomic mass is 10.3. The smallest absolute Gasteiger partial charge is 0.132 e. The number of methoxy groups -OCH3 is 1. The van der Waals surface area contributed by atoms with Crippen LogP contribution < -0.4 is 10.1 Å². The Morgan fingerprint density at radius 2 is 2.12 bits per heavy atom. The molecule has 0 saturated carbocycles. The number of pyridine rings is 1. The quantitative estimate of drug-likeness (QED) is 0.860. The Bertz CT molecular complexity index is 534. The zero-order valence-electron chi connectivity index (χ0n) is 9.08. The Morgan fingerprint density at radius 1 is 1.29 bits per heavy atom. The van der Waals surface area contributed by atoms with Gasteiger partial charge in [-0.3, -0.25) is 0 Å². The first-order chi connectivity index (χ1) is 8.19. The highest BCUT2D eigenvalue weighted by molar-refractivity contribution is 9.10. The van der Waals surface area contributed by atoms with Gasteiger partial charge >= 0.3 is 0 Å². The number of hydrogen-bond acceptors (Lipinski definition) is 3. The SMILES string of the molecule is COc1ccc(Br)c(Nc2cccc(Cl)n2)c1. The lowest BCUT2D eigenvalue weighted by molar-refractivity contribution is 0.415. The highest BCUT2D eigenvalue weighted by Crippen LogP contribution is 2.29. The largest absolute Gasteiger partial charge is 0.497 e. The van der Waals surface area contributed by atoms with Crippen LogP contribution in [0.3, 0.4) is 0 Å². The van der Waals surface area contributed by atoms with Gasteiger partial charge in [-0.05, 0) is 40.2 Å². The maximum absolute atomic E-state index is 5.82. The number of halogens is 2. The van der Waals surface area contributed by atoms with Crippen LogP contribution in [0.4, 0.5) is 11.5 Å². The van der Waals surface area contributed by atoms with Gasteiger partial charge < -0.3 is 10.1 Å². The molecule has 0 aliphatic rings. The number of ether oxygens (including phenoxy) is 1. The molecule has 0 amide bonds. The van der Waals surface area contributed by atoms with Gasteiger partial charge in [0.2, 0.25) is 0 Å². The van der Waals surface area contributed by atoms with E-state index in [1.807, 2.05) is 30.3 Å². The molecular weight excluding hydrogens is 304 g/mol. The van der Waals surface area contributed by atoms with E-state index in [4.69, 9.17) is 16.3 Å². The van der Waals surface area contributed by atoms with Crippen LogP contribution in [-0.2, 0) is 0 Å². The molecule has 1 aromatic heterocycles. The number of anilines is 2. The molecule has 2 aromatic rings. The van der Waals surface area contributed by atoms with Crippen molar-refractivity contribution in [3.8, 4) is 5.75 Å². The fraction of sp³-hybridized carbons (Fsp3) is 0.0833. The van der Waals surface area contributed by atoms with E-state index in [-0.39, 0.29) is 0 Å². The van der Waals surface area contributed by atoms with Crippen LogP contribution in [0.1, 0.15) is 0 Å². The second-order valence-electron chi connectivity index (χ2n) is 3.32. The molecule has 2 rings (SSSR count). The summed E-state index contributed by atoms with van der Waals surface area (Å²) >= 11 is 9.28. The van der Waals surface area contributed by atoms with Gasteiger partial charge in [-0.25, -0.2) is 4.98 Å². The molecule has 3 nitrogen and oxygen atoms in total. The third kappa shape index (κ3) is 3.11. The monoisotopic (exact) mass is 312 g/mol. The van der Waals surface area contributed by atoms with Gasteiger partial charge in [-0.2, -0.15) is 0 Å². The molecule has 1 N–H and O–H groups in total. The number of hydrogen-bond donors (Lipinski definition) is 1. The molecule has 0 aliphatic heterocycles. The zero-order valence-corrected chi connectivity index (χ0v) is 11.4. The second kappa shape index (κ2) is 5.38. The molecule has 0 saturated heterocycles. The average molecular weight is 314 g/mol. The minimum absolute atomic E-state index is 0.453. The minimum Gasteiger partial charge on any atom is -0.497 e. The highest BCUT2D eigenvalue weighted by atomic mass is 79.9. The van der Waals surface area contributed by atoms with Gasteiger partial charge in [0, 0.05) is 10.5 Å². The van der Waals surface area contributed by atoms with E-state index in [0.29, 0.717) is 11.0 Å². The number of aromatic nitrogens is 1. The second-order valence-corrected chi connectivity index (χ2v) is 4.56. The third-order valence-corrected chi connectivity index (χ3v) is 3.05. The molecule has 0 spiro atoms. The first-order valence-corrected chi connectivity index (χ1v) is 6.09. The number of nitrogens with one attached hydrogen (secondary N) is 1. The molecule has 0 unspecified atom stereocenters. The van der Waals surface area contributed by atoms with Crippen LogP contribution in [-0.4, -0.2) is 12.1 Å². The van der Waals surface area contributed by atoms with Crippen molar-refractivity contribution in [2.45, 2.75) is 0 Å². The summed E-state index contributed by atoms with van der Waals surface area (Å²) in [6.45, 7) is 0. The lowest BCUT2D eigenvalue weighted by Gasteiger charge is -2.09. The summed E-state index contributed by atoms with van der Waals surface area (Å²) in [6, 6.07) is 11.1. The van der Waals surface area contributed by atoms with Gasteiger partial charge in [0.25, 0.3) is 0 Å². The minimum atomic E-state index is 0.453. The van der Waals surface area contributed by atoms with Gasteiger partial charge in [0.05, 0.1) is 12.8 Å². The van der Waals surface area contributed by atoms with E-state index in [1.54, 1.807) is 13.2 Å². The van der Waals surface area contributed by atoms with E-state index >= 15 is 0 Å². The summed E-state index contributed by atoms with van der Waals surface area (Å²) < 4.78 is 6.09. The molecule has 0 radical (unpaired) electrons. The first-order valence-electron chi connectivity index (χ1n) is 4.92. The third-order valence-electron chi connectivity index (χ3n) is 2.15. The molecule has 17 heavy (non-hydrogen) atoms. The topological polar surface area (TPSA) is 34.1 Å². The molecule has 5 heteroatoms. The van der Waals surface area contributed by atoms with Crippen molar-refractivity contribution in [1.82, 2.24) is 4.98 Å². The van der Waals surface area contributed by atoms with Crippen molar-refractivity contribution >= 4 is 39.0 Å². The normalized spacial score (nSPS) is 10.1. The Kier molecular flexibility index (Phi) is 3.86. The average Bonchev–Trinajstić information content (AvgIpc) is 2.32. The summed E-state index contributed by atoms with van der Waals surface area (Å²) in [5.74, 6) is 1.46. The van der Waals surface area contributed by atoms with E-state index in [9.17, 15) is 0 Å². The van der Waals surface area contributed by atoms with Crippen molar-refractivity contribution in [3.05, 3.63) is 46.0 Å². The van der Waals surface area contributed by atoms with Crippen LogP contribution in [0.25, 0.3) is 0 Å². The van der Waals surface area contributed by atoms with Crippen molar-refractivity contribution < 1.29 is 4.74 Å². The fourth-order valence-corrected chi connectivity index (χ4v) is 1.85. The van der Waals surface area contributed by atoms with Gasteiger partial charge in [0.15, 0.2) is 0 Å². The molecule has 0 aliphatic carbocycles. The summed E-state index contributed by atoms with van der Waals surface area (Å²) in [5.41, 5.74) is 0.874. The molecular formula is C12H10BrClN2O. The molecule has 1 heterocycles. The van der Waals surface area contributed by atoms with Crippen molar-refractivity contribution in [1.29, 1.82) is 0 Å². The van der Waals surface area contributed by atoms with Crippen LogP contribution in [0.2, 0.25) is 5.15 Å². The van der Waals surface area contributed by atoms with Crippen molar-refractivity contribution in [2.75, 3.05) is 12.4 Å². The number of benzene rings is 1. The van der Waals surface area contributed by atoms with Crippen LogP contribution in [0, 0.1) is 0 Å². The predicted molar refractivity (Wildman–Crippen MR) is 73.2 cm³/mol. The zero-order chi connectivity index (χ0) is 12.3. The summed E-state index contributed by atoms with van der Waals surface area (Å²) in [5, 5.41) is 3.62. The molecule has 0 atom stereocenters. The molecule has 1 aromatic carbocycles. The summed E-state index contributed by atoms with van der Waals surface area (Å²) in [6.07, 6.45) is 0. The van der Waals surface area contributed by atoms with Crippen molar-refractivity contribution in [2.24, 2.45) is 0 Å². The highest BCUT2D eigenvalue weighted by Gasteiger charge is 2.03. The van der Waals surface area contributed by atoms with E-state index in [2.05, 4.69) is 26.2 Å². The van der Waals surface area contributed by atoms with Crippen molar-refractivity contribution in [3.63, 3.8) is 0 Å². The fourth-order valence-electron chi connectivity index (χ4n) is 1.34. The maximum atomic E-state index is 5.82. The number of rotatable bonds is 3. The Balaban J connectivity index is 2.29. The standard InChI is InChI=1S/C12H10BrClN2O/c1-17-8-5-6-9(13)10(7-8)15-12-4-2-3-11(14)16-12/h2-7H,1H3,(H,15,16). The molecule has 88 valence electrons. The summed E-state index contributed by atoms with van der Waals surface area (Å²) in [4.78, 5) is 4.16. The van der Waals surface area contributed by atoms with Crippen LogP contribution in [0.5, 0.6) is 5.75 Å². The van der Waals surface area contributed by atoms with Gasteiger partial charge in [-0.1, -0.05) is 17.7 Å². The summed E-state index contributed by atoms with van der Waals surface area (Å²) in [7, 11) is 1.63. The maximum Gasteiger partial charge on any atom is 0.132 e. The Labute approximate surface area is 113 Å².